The highest BCUT2D eigenvalue weighted by Crippen LogP contribution is 2.12. The molecule has 4 heteroatoms. The van der Waals surface area contributed by atoms with Crippen LogP contribution in [-0.4, -0.2) is 9.97 Å². The van der Waals surface area contributed by atoms with E-state index in [1.807, 2.05) is 19.1 Å². The lowest BCUT2D eigenvalue weighted by molar-refractivity contribution is 0.533. The third kappa shape index (κ3) is 1.06. The van der Waals surface area contributed by atoms with E-state index in [4.69, 9.17) is 10.2 Å². The van der Waals surface area contributed by atoms with Crippen molar-refractivity contribution in [1.29, 1.82) is 0 Å². The van der Waals surface area contributed by atoms with Gasteiger partial charge >= 0.3 is 0 Å². The summed E-state index contributed by atoms with van der Waals surface area (Å²) >= 11 is 0. The maximum Gasteiger partial charge on any atom is 0.210 e. The van der Waals surface area contributed by atoms with Crippen molar-refractivity contribution in [1.82, 2.24) is 9.97 Å². The van der Waals surface area contributed by atoms with Crippen LogP contribution < -0.4 is 5.73 Å². The molecule has 0 atom stereocenters. The summed E-state index contributed by atoms with van der Waals surface area (Å²) < 4.78 is 5.27. The number of nitrogens with zero attached hydrogens (tertiary/aromatic N) is 2. The second-order valence-corrected chi connectivity index (χ2v) is 2.59. The van der Waals surface area contributed by atoms with Crippen molar-refractivity contribution in [3.8, 4) is 0 Å². The zero-order valence-electron chi connectivity index (χ0n) is 6.74. The Kier molecular flexibility index (Phi) is 1.55. The van der Waals surface area contributed by atoms with Crippen LogP contribution in [0.15, 0.2) is 16.5 Å². The number of hydrogen-bond acceptors (Lipinski definition) is 4. The third-order valence-electron chi connectivity index (χ3n) is 1.61. The van der Waals surface area contributed by atoms with Gasteiger partial charge in [0.25, 0.3) is 0 Å². The Hall–Kier alpha value is -1.42. The van der Waals surface area contributed by atoms with Gasteiger partial charge in [0.1, 0.15) is 0 Å². The van der Waals surface area contributed by atoms with Gasteiger partial charge < -0.3 is 10.2 Å². The molecule has 0 amide bonds. The van der Waals surface area contributed by atoms with Crippen LogP contribution in [0.25, 0.3) is 11.2 Å². The van der Waals surface area contributed by atoms with Crippen LogP contribution in [0, 0.1) is 6.92 Å². The number of fused-ring (bicyclic) bond motifs is 1. The Bertz CT molecular complexity index is 408. The van der Waals surface area contributed by atoms with E-state index in [0.717, 1.165) is 5.69 Å². The van der Waals surface area contributed by atoms with Crippen LogP contribution in [0.3, 0.4) is 0 Å². The molecule has 2 aromatic heterocycles. The van der Waals surface area contributed by atoms with E-state index in [9.17, 15) is 0 Å². The molecule has 0 bridgehead atoms. The largest absolute Gasteiger partial charge is 0.438 e. The topological polar surface area (TPSA) is 64.9 Å². The van der Waals surface area contributed by atoms with Gasteiger partial charge in [0.15, 0.2) is 11.2 Å². The Morgan fingerprint density at radius 2 is 2.25 bits per heavy atom. The molecule has 2 heterocycles. The third-order valence-corrected chi connectivity index (χ3v) is 1.61. The number of rotatable bonds is 1. The molecule has 0 aliphatic rings. The van der Waals surface area contributed by atoms with Gasteiger partial charge in [0.05, 0.1) is 6.54 Å². The van der Waals surface area contributed by atoms with E-state index in [2.05, 4.69) is 9.97 Å². The maximum atomic E-state index is 5.37. The minimum atomic E-state index is 0.315. The molecule has 2 N–H and O–H groups in total. The molecule has 0 saturated carbocycles. The van der Waals surface area contributed by atoms with Crippen LogP contribution in [-0.2, 0) is 6.54 Å². The van der Waals surface area contributed by atoms with Crippen molar-refractivity contribution in [2.24, 2.45) is 5.73 Å². The average molecular weight is 163 g/mol. The molecule has 2 rings (SSSR count). The Morgan fingerprint density at radius 1 is 1.42 bits per heavy atom. The van der Waals surface area contributed by atoms with Crippen molar-refractivity contribution < 1.29 is 4.42 Å². The fourth-order valence-corrected chi connectivity index (χ4v) is 1.05. The maximum absolute atomic E-state index is 5.37. The predicted molar refractivity (Wildman–Crippen MR) is 44.4 cm³/mol. The van der Waals surface area contributed by atoms with E-state index in [-0.39, 0.29) is 0 Å². The quantitative estimate of drug-likeness (QED) is 0.680. The molecule has 4 nitrogen and oxygen atoms in total. The summed E-state index contributed by atoms with van der Waals surface area (Å²) in [6.45, 7) is 2.23. The van der Waals surface area contributed by atoms with Gasteiger partial charge in [-0.15, -0.1) is 0 Å². The Morgan fingerprint density at radius 3 is 3.00 bits per heavy atom. The summed E-state index contributed by atoms with van der Waals surface area (Å²) in [5.74, 6) is 0.531. The lowest BCUT2D eigenvalue weighted by atomic mass is 10.4. The van der Waals surface area contributed by atoms with E-state index in [1.165, 1.54) is 0 Å². The van der Waals surface area contributed by atoms with Gasteiger partial charge in [0.2, 0.25) is 5.89 Å². The van der Waals surface area contributed by atoms with E-state index in [1.54, 1.807) is 0 Å². The first-order valence-electron chi connectivity index (χ1n) is 3.73. The van der Waals surface area contributed by atoms with Crippen LogP contribution in [0.4, 0.5) is 0 Å². The number of nitrogens with two attached hydrogens (primary N) is 1. The molecule has 0 radical (unpaired) electrons. The van der Waals surface area contributed by atoms with Crippen LogP contribution in [0.2, 0.25) is 0 Å². The molecule has 12 heavy (non-hydrogen) atoms. The van der Waals surface area contributed by atoms with Crippen molar-refractivity contribution in [3.05, 3.63) is 23.7 Å². The minimum Gasteiger partial charge on any atom is -0.438 e. The molecule has 0 spiro atoms. The Balaban J connectivity index is 2.67. The summed E-state index contributed by atoms with van der Waals surface area (Å²) in [5.41, 5.74) is 7.63. The molecule has 0 aromatic carbocycles. The first kappa shape index (κ1) is 7.24. The molecular formula is C8H9N3O. The number of hydrogen-bond donors (Lipinski definition) is 1. The van der Waals surface area contributed by atoms with Crippen LogP contribution in [0.1, 0.15) is 11.6 Å². The number of oxazole rings is 1. The minimum absolute atomic E-state index is 0.315. The highest BCUT2D eigenvalue weighted by atomic mass is 16.3. The number of pyridine rings is 1. The van der Waals surface area contributed by atoms with Gasteiger partial charge in [0, 0.05) is 5.69 Å². The molecule has 0 fully saturated rings. The monoisotopic (exact) mass is 163 g/mol. The Labute approximate surface area is 69.4 Å². The van der Waals surface area contributed by atoms with Crippen molar-refractivity contribution in [2.75, 3.05) is 0 Å². The zero-order chi connectivity index (χ0) is 8.55. The van der Waals surface area contributed by atoms with Gasteiger partial charge in [-0.2, -0.15) is 4.98 Å². The molecule has 0 aliphatic heterocycles. The number of aromatic nitrogens is 2. The highest BCUT2D eigenvalue weighted by molar-refractivity contribution is 5.67. The predicted octanol–water partition coefficient (Wildman–Crippen LogP) is 0.990. The molecule has 0 saturated heterocycles. The van der Waals surface area contributed by atoms with Crippen molar-refractivity contribution in [2.45, 2.75) is 13.5 Å². The van der Waals surface area contributed by atoms with Crippen molar-refractivity contribution >= 4 is 11.2 Å². The van der Waals surface area contributed by atoms with Crippen LogP contribution >= 0.6 is 0 Å². The van der Waals surface area contributed by atoms with Gasteiger partial charge in [-0.05, 0) is 19.1 Å². The van der Waals surface area contributed by atoms with Crippen LogP contribution in [0.5, 0.6) is 0 Å². The lowest BCUT2D eigenvalue weighted by Gasteiger charge is -1.86. The zero-order valence-corrected chi connectivity index (χ0v) is 6.74. The summed E-state index contributed by atoms with van der Waals surface area (Å²) in [7, 11) is 0. The van der Waals surface area contributed by atoms with Gasteiger partial charge in [-0.1, -0.05) is 0 Å². The van der Waals surface area contributed by atoms with Gasteiger partial charge in [-0.3, -0.25) is 0 Å². The second-order valence-electron chi connectivity index (χ2n) is 2.59. The van der Waals surface area contributed by atoms with E-state index < -0.39 is 0 Å². The highest BCUT2D eigenvalue weighted by Gasteiger charge is 2.03. The molecule has 62 valence electrons. The fraction of sp³-hybridized carbons (Fsp3) is 0.250. The first-order valence-corrected chi connectivity index (χ1v) is 3.73. The van der Waals surface area contributed by atoms with E-state index >= 15 is 0 Å². The summed E-state index contributed by atoms with van der Waals surface area (Å²) in [6.07, 6.45) is 0. The summed E-state index contributed by atoms with van der Waals surface area (Å²) in [4.78, 5) is 8.27. The summed E-state index contributed by atoms with van der Waals surface area (Å²) in [5, 5.41) is 0. The molecule has 0 aliphatic carbocycles. The smallest absolute Gasteiger partial charge is 0.210 e. The normalized spacial score (nSPS) is 10.8. The molecule has 0 unspecified atom stereocenters. The molecular weight excluding hydrogens is 154 g/mol. The van der Waals surface area contributed by atoms with E-state index in [0.29, 0.717) is 23.7 Å². The number of aryl methyl sites for hydroxylation is 1. The average Bonchev–Trinajstić information content (AvgIpc) is 2.46. The lowest BCUT2D eigenvalue weighted by Crippen LogP contribution is -1.95. The van der Waals surface area contributed by atoms with Gasteiger partial charge in [-0.25, -0.2) is 4.98 Å². The summed E-state index contributed by atoms with van der Waals surface area (Å²) in [6, 6.07) is 3.73. The second kappa shape index (κ2) is 2.57. The standard InChI is InChI=1S/C8H9N3O/c1-5-2-3-6-8(10-5)11-7(4-9)12-6/h2-3H,4,9H2,1H3. The SMILES string of the molecule is Cc1ccc2oc(CN)nc2n1. The van der Waals surface area contributed by atoms with Crippen molar-refractivity contribution in [3.63, 3.8) is 0 Å². The molecule has 2 aromatic rings. The first-order chi connectivity index (χ1) is 5.79. The fourth-order valence-electron chi connectivity index (χ4n) is 1.05.